The number of rotatable bonds is 3. The lowest BCUT2D eigenvalue weighted by atomic mass is 10.1. The fourth-order valence-electron chi connectivity index (χ4n) is 1.72. The summed E-state index contributed by atoms with van der Waals surface area (Å²) in [6.45, 7) is 0. The molecule has 0 aliphatic heterocycles. The number of methoxy groups -OCH3 is 1. The molecule has 0 fully saturated rings. The number of nitrogens with one attached hydrogen (secondary N) is 1. The zero-order valence-corrected chi connectivity index (χ0v) is 9.38. The first kappa shape index (κ1) is 11.8. The van der Waals surface area contributed by atoms with E-state index >= 15 is 0 Å². The van der Waals surface area contributed by atoms with E-state index in [9.17, 15) is 20.3 Å². The van der Waals surface area contributed by atoms with E-state index in [1.165, 1.54) is 25.4 Å². The first-order valence-corrected chi connectivity index (χ1v) is 4.97. The molecule has 0 radical (unpaired) electrons. The number of aliphatic hydroxyl groups is 2. The monoisotopic (exact) mass is 250 g/mol. The maximum absolute atomic E-state index is 10.9. The Bertz CT molecular complexity index is 644. The molecule has 0 atom stereocenters. The van der Waals surface area contributed by atoms with E-state index in [1.807, 2.05) is 0 Å². The van der Waals surface area contributed by atoms with Crippen molar-refractivity contribution < 1.29 is 19.9 Å². The highest BCUT2D eigenvalue weighted by Crippen LogP contribution is 2.32. The molecule has 2 aromatic rings. The molecule has 0 aliphatic rings. The second kappa shape index (κ2) is 4.28. The standard InChI is InChI=1S/C11H10N2O5/c1-18-11(15)10(14)6-5-12-7-3-2-4-8(9(6)7)13(16)17/h2-5,12,14-15H,1H3. The van der Waals surface area contributed by atoms with Gasteiger partial charge in [0.25, 0.3) is 5.69 Å². The number of non-ortho nitro benzene ring substituents is 1. The molecule has 0 aliphatic carbocycles. The summed E-state index contributed by atoms with van der Waals surface area (Å²) in [7, 11) is 1.18. The number of aromatic nitrogens is 1. The number of aliphatic hydroxyl groups excluding tert-OH is 2. The molecule has 0 saturated carbocycles. The maximum atomic E-state index is 10.9. The number of aromatic amines is 1. The van der Waals surface area contributed by atoms with Gasteiger partial charge in [-0.15, -0.1) is 0 Å². The molecule has 3 N–H and O–H groups in total. The Morgan fingerprint density at radius 3 is 2.78 bits per heavy atom. The van der Waals surface area contributed by atoms with Crippen molar-refractivity contribution in [3.05, 3.63) is 46.0 Å². The predicted molar refractivity (Wildman–Crippen MR) is 64.1 cm³/mol. The summed E-state index contributed by atoms with van der Waals surface area (Å²) in [5.41, 5.74) is 0.422. The van der Waals surface area contributed by atoms with E-state index in [2.05, 4.69) is 9.72 Å². The molecule has 0 spiro atoms. The van der Waals surface area contributed by atoms with Crippen LogP contribution in [0.1, 0.15) is 5.56 Å². The predicted octanol–water partition coefficient (Wildman–Crippen LogP) is 2.46. The Hall–Kier alpha value is -2.70. The average Bonchev–Trinajstić information content (AvgIpc) is 2.80. The molecular weight excluding hydrogens is 240 g/mol. The average molecular weight is 250 g/mol. The van der Waals surface area contributed by atoms with Crippen molar-refractivity contribution in [1.82, 2.24) is 4.98 Å². The minimum absolute atomic E-state index is 0.108. The summed E-state index contributed by atoms with van der Waals surface area (Å²) in [6, 6.07) is 4.47. The smallest absolute Gasteiger partial charge is 0.321 e. The summed E-state index contributed by atoms with van der Waals surface area (Å²) in [6.07, 6.45) is 1.36. The Kier molecular flexibility index (Phi) is 2.80. The third-order valence-corrected chi connectivity index (χ3v) is 2.53. The van der Waals surface area contributed by atoms with E-state index in [4.69, 9.17) is 0 Å². The third kappa shape index (κ3) is 1.71. The molecule has 0 saturated heterocycles. The highest BCUT2D eigenvalue weighted by Gasteiger charge is 2.21. The second-order valence-electron chi connectivity index (χ2n) is 3.52. The Morgan fingerprint density at radius 2 is 2.17 bits per heavy atom. The van der Waals surface area contributed by atoms with E-state index in [0.717, 1.165) is 0 Å². The van der Waals surface area contributed by atoms with Crippen molar-refractivity contribution in [2.75, 3.05) is 7.11 Å². The van der Waals surface area contributed by atoms with Crippen LogP contribution in [0.5, 0.6) is 0 Å². The summed E-state index contributed by atoms with van der Waals surface area (Å²) in [5.74, 6) is -1.26. The van der Waals surface area contributed by atoms with E-state index in [1.54, 1.807) is 6.07 Å². The zero-order valence-electron chi connectivity index (χ0n) is 9.38. The molecule has 94 valence electrons. The minimum Gasteiger partial charge on any atom is -0.501 e. The SMILES string of the molecule is COC(O)=C(O)c1c[nH]c2cccc([N+](=O)[O-])c12. The van der Waals surface area contributed by atoms with Gasteiger partial charge in [-0.05, 0) is 6.07 Å². The number of benzene rings is 1. The van der Waals surface area contributed by atoms with Crippen molar-refractivity contribution in [2.45, 2.75) is 0 Å². The molecule has 0 bridgehead atoms. The van der Waals surface area contributed by atoms with Crippen LogP contribution in [-0.2, 0) is 4.74 Å². The van der Waals surface area contributed by atoms with Gasteiger partial charge in [0.15, 0.2) is 0 Å². The van der Waals surface area contributed by atoms with Gasteiger partial charge in [0.05, 0.1) is 28.5 Å². The number of hydrogen-bond acceptors (Lipinski definition) is 5. The summed E-state index contributed by atoms with van der Waals surface area (Å²) in [4.78, 5) is 13.1. The van der Waals surface area contributed by atoms with E-state index in [0.29, 0.717) is 5.52 Å². The lowest BCUT2D eigenvalue weighted by molar-refractivity contribution is -0.383. The van der Waals surface area contributed by atoms with Gasteiger partial charge in [-0.3, -0.25) is 10.1 Å². The fourth-order valence-corrected chi connectivity index (χ4v) is 1.72. The van der Waals surface area contributed by atoms with Crippen LogP contribution in [0.25, 0.3) is 16.7 Å². The van der Waals surface area contributed by atoms with Crippen LogP contribution >= 0.6 is 0 Å². The second-order valence-corrected chi connectivity index (χ2v) is 3.52. The fraction of sp³-hybridized carbons (Fsp3) is 0.0909. The van der Waals surface area contributed by atoms with Gasteiger partial charge in [-0.2, -0.15) is 0 Å². The Morgan fingerprint density at radius 1 is 1.44 bits per heavy atom. The van der Waals surface area contributed by atoms with Crippen molar-refractivity contribution in [2.24, 2.45) is 0 Å². The highest BCUT2D eigenvalue weighted by atomic mass is 16.6. The van der Waals surface area contributed by atoms with Crippen LogP contribution in [0.4, 0.5) is 5.69 Å². The number of fused-ring (bicyclic) bond motifs is 1. The van der Waals surface area contributed by atoms with Gasteiger partial charge in [0.1, 0.15) is 0 Å². The minimum atomic E-state index is -0.700. The topological polar surface area (TPSA) is 109 Å². The molecular formula is C11H10N2O5. The first-order chi connectivity index (χ1) is 8.56. The summed E-state index contributed by atoms with van der Waals surface area (Å²) >= 11 is 0. The normalized spacial score (nSPS) is 12.3. The Balaban J connectivity index is 2.78. The van der Waals surface area contributed by atoms with Crippen LogP contribution in [0, 0.1) is 10.1 Å². The molecule has 1 aromatic heterocycles. The maximum Gasteiger partial charge on any atom is 0.321 e. The van der Waals surface area contributed by atoms with Crippen molar-refractivity contribution in [1.29, 1.82) is 0 Å². The van der Waals surface area contributed by atoms with Crippen LogP contribution < -0.4 is 0 Å². The van der Waals surface area contributed by atoms with Gasteiger partial charge in [0.2, 0.25) is 5.76 Å². The van der Waals surface area contributed by atoms with Crippen LogP contribution in [-0.4, -0.2) is 27.2 Å². The van der Waals surface area contributed by atoms with Gasteiger partial charge in [0, 0.05) is 12.3 Å². The molecule has 7 heteroatoms. The molecule has 0 amide bonds. The lowest BCUT2D eigenvalue weighted by Gasteiger charge is -2.02. The van der Waals surface area contributed by atoms with Crippen LogP contribution in [0.3, 0.4) is 0 Å². The van der Waals surface area contributed by atoms with Crippen molar-refractivity contribution in [3.63, 3.8) is 0 Å². The van der Waals surface area contributed by atoms with Crippen LogP contribution in [0.2, 0.25) is 0 Å². The summed E-state index contributed by atoms with van der Waals surface area (Å²) in [5, 5.41) is 30.2. The molecule has 18 heavy (non-hydrogen) atoms. The lowest BCUT2D eigenvalue weighted by Crippen LogP contribution is -1.94. The van der Waals surface area contributed by atoms with E-state index < -0.39 is 16.6 Å². The highest BCUT2D eigenvalue weighted by molar-refractivity contribution is 5.97. The Labute approximate surface area is 101 Å². The molecule has 2 rings (SSSR count). The third-order valence-electron chi connectivity index (χ3n) is 2.53. The van der Waals surface area contributed by atoms with Crippen LogP contribution in [0.15, 0.2) is 30.3 Å². The molecule has 1 heterocycles. The van der Waals surface area contributed by atoms with Crippen molar-refractivity contribution in [3.8, 4) is 0 Å². The number of nitro groups is 1. The zero-order chi connectivity index (χ0) is 13.3. The van der Waals surface area contributed by atoms with Crippen molar-refractivity contribution >= 4 is 22.3 Å². The molecule has 0 unspecified atom stereocenters. The van der Waals surface area contributed by atoms with Gasteiger partial charge in [-0.25, -0.2) is 0 Å². The quantitative estimate of drug-likeness (QED) is 0.440. The number of nitro benzene ring substituents is 1. The summed E-state index contributed by atoms with van der Waals surface area (Å²) < 4.78 is 4.49. The number of nitrogens with zero attached hydrogens (tertiary/aromatic N) is 1. The molecule has 7 nitrogen and oxygen atoms in total. The molecule has 1 aromatic carbocycles. The number of ether oxygens (including phenoxy) is 1. The van der Waals surface area contributed by atoms with E-state index in [-0.39, 0.29) is 16.6 Å². The van der Waals surface area contributed by atoms with Gasteiger partial charge < -0.3 is 19.9 Å². The first-order valence-electron chi connectivity index (χ1n) is 4.97. The van der Waals surface area contributed by atoms with Gasteiger partial charge >= 0.3 is 5.95 Å². The number of hydrogen-bond donors (Lipinski definition) is 3. The number of H-pyrrole nitrogens is 1. The largest absolute Gasteiger partial charge is 0.501 e. The van der Waals surface area contributed by atoms with Gasteiger partial charge in [-0.1, -0.05) is 6.07 Å².